The SMILES string of the molecule is C1=NC=C(C2=CNc3ccccc3C=N2)Nc2ccccc21. The molecular weight excluding hydrogens is 272 g/mol. The van der Waals surface area contributed by atoms with Crippen LogP contribution in [0, 0.1) is 0 Å². The van der Waals surface area contributed by atoms with Crippen molar-refractivity contribution in [2.24, 2.45) is 9.98 Å². The van der Waals surface area contributed by atoms with Crippen molar-refractivity contribution in [3.63, 3.8) is 0 Å². The number of nitrogens with zero attached hydrogens (tertiary/aromatic N) is 2. The summed E-state index contributed by atoms with van der Waals surface area (Å²) in [4.78, 5) is 8.93. The highest BCUT2D eigenvalue weighted by Gasteiger charge is 2.11. The summed E-state index contributed by atoms with van der Waals surface area (Å²) in [6.45, 7) is 0. The summed E-state index contributed by atoms with van der Waals surface area (Å²) in [5, 5.41) is 6.69. The van der Waals surface area contributed by atoms with Crippen LogP contribution in [0.2, 0.25) is 0 Å². The molecule has 2 aliphatic heterocycles. The van der Waals surface area contributed by atoms with Crippen molar-refractivity contribution in [1.82, 2.24) is 0 Å². The van der Waals surface area contributed by atoms with Gasteiger partial charge in [-0.2, -0.15) is 0 Å². The lowest BCUT2D eigenvalue weighted by molar-refractivity contribution is 1.27. The molecule has 0 spiro atoms. The second-order valence-corrected chi connectivity index (χ2v) is 5.05. The van der Waals surface area contributed by atoms with E-state index in [9.17, 15) is 0 Å². The molecule has 4 rings (SSSR count). The van der Waals surface area contributed by atoms with Gasteiger partial charge in [-0.1, -0.05) is 36.4 Å². The number of fused-ring (bicyclic) bond motifs is 2. The van der Waals surface area contributed by atoms with Crippen molar-refractivity contribution in [2.75, 3.05) is 10.6 Å². The van der Waals surface area contributed by atoms with Crippen molar-refractivity contribution in [1.29, 1.82) is 0 Å². The zero-order valence-electron chi connectivity index (χ0n) is 11.8. The number of anilines is 2. The smallest absolute Gasteiger partial charge is 0.104 e. The van der Waals surface area contributed by atoms with Gasteiger partial charge in [0.05, 0.1) is 11.9 Å². The molecule has 4 heteroatoms. The summed E-state index contributed by atoms with van der Waals surface area (Å²) in [5.74, 6) is 0. The Bertz CT molecular complexity index is 844. The monoisotopic (exact) mass is 286 g/mol. The molecular formula is C18H14N4. The topological polar surface area (TPSA) is 48.8 Å². The van der Waals surface area contributed by atoms with E-state index in [-0.39, 0.29) is 0 Å². The first-order valence-corrected chi connectivity index (χ1v) is 7.10. The molecule has 4 nitrogen and oxygen atoms in total. The molecule has 0 amide bonds. The molecule has 0 fully saturated rings. The van der Waals surface area contributed by atoms with Gasteiger partial charge in [0, 0.05) is 41.1 Å². The van der Waals surface area contributed by atoms with Crippen LogP contribution in [0.25, 0.3) is 0 Å². The van der Waals surface area contributed by atoms with E-state index < -0.39 is 0 Å². The lowest BCUT2D eigenvalue weighted by atomic mass is 10.2. The van der Waals surface area contributed by atoms with E-state index in [1.165, 1.54) is 0 Å². The van der Waals surface area contributed by atoms with Gasteiger partial charge in [-0.3, -0.25) is 9.98 Å². The molecule has 22 heavy (non-hydrogen) atoms. The van der Waals surface area contributed by atoms with Crippen LogP contribution in [0.1, 0.15) is 11.1 Å². The number of nitrogens with one attached hydrogen (secondary N) is 2. The Morgan fingerprint density at radius 2 is 1.50 bits per heavy atom. The fourth-order valence-corrected chi connectivity index (χ4v) is 2.43. The normalized spacial score (nSPS) is 15.3. The predicted octanol–water partition coefficient (Wildman–Crippen LogP) is 3.76. The zero-order valence-corrected chi connectivity index (χ0v) is 11.8. The number of benzene rings is 2. The van der Waals surface area contributed by atoms with Crippen molar-refractivity contribution in [2.45, 2.75) is 0 Å². The van der Waals surface area contributed by atoms with Crippen molar-refractivity contribution < 1.29 is 0 Å². The van der Waals surface area contributed by atoms with E-state index in [0.29, 0.717) is 0 Å². The third kappa shape index (κ3) is 2.31. The molecule has 0 saturated carbocycles. The summed E-state index contributed by atoms with van der Waals surface area (Å²) in [6, 6.07) is 16.1. The summed E-state index contributed by atoms with van der Waals surface area (Å²) in [7, 11) is 0. The molecule has 0 saturated heterocycles. The maximum Gasteiger partial charge on any atom is 0.104 e. The Kier molecular flexibility index (Phi) is 3.05. The maximum atomic E-state index is 4.57. The predicted molar refractivity (Wildman–Crippen MR) is 91.5 cm³/mol. The van der Waals surface area contributed by atoms with Crippen LogP contribution in [0.5, 0.6) is 0 Å². The number of aliphatic imine (C=N–C) groups is 2. The van der Waals surface area contributed by atoms with Crippen molar-refractivity contribution in [3.8, 4) is 0 Å². The molecule has 0 radical (unpaired) electrons. The van der Waals surface area contributed by atoms with Gasteiger partial charge < -0.3 is 10.6 Å². The standard InChI is InChI=1S/C18H14N4/c1-3-7-15-14(6-1)10-20-17(12-21-15)18-11-19-9-13-5-2-4-8-16(13)22-18/h1-12,21-22H. The first-order chi connectivity index (χ1) is 10.9. The van der Waals surface area contributed by atoms with Gasteiger partial charge in [-0.25, -0.2) is 0 Å². The number of hydrogen-bond acceptors (Lipinski definition) is 4. The molecule has 0 unspecified atom stereocenters. The molecule has 2 N–H and O–H groups in total. The van der Waals surface area contributed by atoms with E-state index in [4.69, 9.17) is 0 Å². The average Bonchev–Trinajstić information content (AvgIpc) is 2.90. The summed E-state index contributed by atoms with van der Waals surface area (Å²) in [5.41, 5.74) is 5.85. The van der Waals surface area contributed by atoms with Crippen molar-refractivity contribution in [3.05, 3.63) is 83.5 Å². The third-order valence-corrected chi connectivity index (χ3v) is 3.59. The van der Waals surface area contributed by atoms with E-state index in [2.05, 4.69) is 20.6 Å². The first kappa shape index (κ1) is 12.6. The first-order valence-electron chi connectivity index (χ1n) is 7.10. The number of para-hydroxylation sites is 2. The minimum absolute atomic E-state index is 0.810. The van der Waals surface area contributed by atoms with Crippen molar-refractivity contribution >= 4 is 23.8 Å². The second kappa shape index (κ2) is 5.33. The van der Waals surface area contributed by atoms with E-state index in [1.807, 2.05) is 67.2 Å². The molecule has 0 atom stereocenters. The van der Waals surface area contributed by atoms with Crippen LogP contribution < -0.4 is 10.6 Å². The lowest BCUT2D eigenvalue weighted by Crippen LogP contribution is -2.03. The van der Waals surface area contributed by atoms with E-state index >= 15 is 0 Å². The molecule has 0 aromatic heterocycles. The summed E-state index contributed by atoms with van der Waals surface area (Å²) in [6.07, 6.45) is 7.40. The number of hydrogen-bond donors (Lipinski definition) is 2. The average molecular weight is 286 g/mol. The maximum absolute atomic E-state index is 4.57. The Balaban J connectivity index is 1.68. The highest BCUT2D eigenvalue weighted by Crippen LogP contribution is 2.24. The highest BCUT2D eigenvalue weighted by atomic mass is 15.0. The van der Waals surface area contributed by atoms with Crippen LogP contribution in [0.3, 0.4) is 0 Å². The van der Waals surface area contributed by atoms with Crippen LogP contribution in [-0.4, -0.2) is 12.4 Å². The van der Waals surface area contributed by atoms with Crippen LogP contribution in [-0.2, 0) is 0 Å². The molecule has 106 valence electrons. The molecule has 2 heterocycles. The molecule has 2 aromatic rings. The minimum atomic E-state index is 0.810. The van der Waals surface area contributed by atoms with E-state index in [1.54, 1.807) is 6.20 Å². The van der Waals surface area contributed by atoms with Gasteiger partial charge in [0.15, 0.2) is 0 Å². The largest absolute Gasteiger partial charge is 0.359 e. The molecule has 0 bridgehead atoms. The fraction of sp³-hybridized carbons (Fsp3) is 0. The number of rotatable bonds is 1. The third-order valence-electron chi connectivity index (χ3n) is 3.59. The van der Waals surface area contributed by atoms with Crippen LogP contribution >= 0.6 is 0 Å². The van der Waals surface area contributed by atoms with E-state index in [0.717, 1.165) is 33.9 Å². The van der Waals surface area contributed by atoms with Gasteiger partial charge >= 0.3 is 0 Å². The Labute approximate surface area is 128 Å². The summed E-state index contributed by atoms with van der Waals surface area (Å²) < 4.78 is 0. The molecule has 2 aliphatic rings. The quantitative estimate of drug-likeness (QED) is 0.838. The molecule has 0 aliphatic carbocycles. The van der Waals surface area contributed by atoms with Gasteiger partial charge in [-0.15, -0.1) is 0 Å². The fourth-order valence-electron chi connectivity index (χ4n) is 2.43. The van der Waals surface area contributed by atoms with Crippen LogP contribution in [0.15, 0.2) is 82.3 Å². The highest BCUT2D eigenvalue weighted by molar-refractivity contribution is 5.91. The minimum Gasteiger partial charge on any atom is -0.359 e. The molecule has 2 aromatic carbocycles. The van der Waals surface area contributed by atoms with Gasteiger partial charge in [0.2, 0.25) is 0 Å². The second-order valence-electron chi connectivity index (χ2n) is 5.05. The van der Waals surface area contributed by atoms with Gasteiger partial charge in [-0.05, 0) is 12.1 Å². The Morgan fingerprint density at radius 3 is 2.36 bits per heavy atom. The summed E-state index contributed by atoms with van der Waals surface area (Å²) >= 11 is 0. The lowest BCUT2D eigenvalue weighted by Gasteiger charge is -2.10. The Morgan fingerprint density at radius 1 is 0.773 bits per heavy atom. The Hall–Kier alpha value is -3.14. The van der Waals surface area contributed by atoms with Gasteiger partial charge in [0.1, 0.15) is 5.70 Å². The van der Waals surface area contributed by atoms with Crippen LogP contribution in [0.4, 0.5) is 11.4 Å². The zero-order chi connectivity index (χ0) is 14.8. The van der Waals surface area contributed by atoms with Gasteiger partial charge in [0.25, 0.3) is 0 Å².